The van der Waals surface area contributed by atoms with Crippen LogP contribution >= 0.6 is 17.0 Å². The number of aryl methyl sites for hydroxylation is 1. The summed E-state index contributed by atoms with van der Waals surface area (Å²) in [5, 5.41) is 11.3. The number of amides is 1. The number of rotatable bonds is 3. The molecule has 3 aromatic rings. The standard InChI is InChI=1S/C12H10N4O.C3H7NO2.BrH/c1-16-6-14-9-10(12(13)17)15-8-5-3-2-4-7(8)11(9)16;1-4-2-3(5)6;/h2-6H,1H3,(H2,13,17);4H,2H2,1H3,(H,5,6);1H. The molecule has 0 spiro atoms. The minimum absolute atomic E-state index is 0. The van der Waals surface area contributed by atoms with Gasteiger partial charge in [-0.05, 0) is 13.1 Å². The number of nitrogens with two attached hydrogens (primary N) is 1. The maximum Gasteiger partial charge on any atom is 0.317 e. The van der Waals surface area contributed by atoms with Gasteiger partial charge in [0.2, 0.25) is 0 Å². The van der Waals surface area contributed by atoms with E-state index in [1.807, 2.05) is 35.9 Å². The van der Waals surface area contributed by atoms with Crippen molar-refractivity contribution in [2.24, 2.45) is 12.8 Å². The van der Waals surface area contributed by atoms with Crippen molar-refractivity contribution in [3.05, 3.63) is 36.3 Å². The van der Waals surface area contributed by atoms with Gasteiger partial charge in [-0.25, -0.2) is 9.97 Å². The SMILES string of the molecule is Br.CNCC(=O)O.Cn1cnc2c(C(N)=O)nc3ccccc3c21. The lowest BCUT2D eigenvalue weighted by Crippen LogP contribution is -2.16. The van der Waals surface area contributed by atoms with Crippen LogP contribution in [0.2, 0.25) is 0 Å². The van der Waals surface area contributed by atoms with Gasteiger partial charge in [-0.1, -0.05) is 18.2 Å². The molecule has 0 radical (unpaired) electrons. The molecule has 0 fully saturated rings. The number of imidazole rings is 1. The molecule has 128 valence electrons. The maximum absolute atomic E-state index is 11.4. The number of carbonyl (C=O) groups is 2. The molecule has 0 aliphatic carbocycles. The van der Waals surface area contributed by atoms with Gasteiger partial charge in [0.25, 0.3) is 5.91 Å². The van der Waals surface area contributed by atoms with Crippen LogP contribution in [0.4, 0.5) is 0 Å². The zero-order valence-electron chi connectivity index (χ0n) is 13.2. The Morgan fingerprint density at radius 1 is 1.33 bits per heavy atom. The van der Waals surface area contributed by atoms with E-state index in [1.54, 1.807) is 13.4 Å². The van der Waals surface area contributed by atoms with Crippen molar-refractivity contribution < 1.29 is 14.7 Å². The summed E-state index contributed by atoms with van der Waals surface area (Å²) in [5.41, 5.74) is 7.73. The van der Waals surface area contributed by atoms with Crippen molar-refractivity contribution in [3.8, 4) is 0 Å². The molecule has 0 saturated carbocycles. The van der Waals surface area contributed by atoms with E-state index in [1.165, 1.54) is 0 Å². The van der Waals surface area contributed by atoms with E-state index in [0.717, 1.165) is 16.4 Å². The van der Waals surface area contributed by atoms with Gasteiger partial charge in [-0.3, -0.25) is 9.59 Å². The first-order chi connectivity index (χ1) is 11.0. The first-order valence-electron chi connectivity index (χ1n) is 6.81. The number of hydrogen-bond acceptors (Lipinski definition) is 5. The van der Waals surface area contributed by atoms with Crippen LogP contribution in [-0.2, 0) is 11.8 Å². The van der Waals surface area contributed by atoms with Crippen molar-refractivity contribution in [1.29, 1.82) is 0 Å². The van der Waals surface area contributed by atoms with E-state index in [-0.39, 0.29) is 29.2 Å². The third kappa shape index (κ3) is 4.06. The van der Waals surface area contributed by atoms with E-state index in [9.17, 15) is 9.59 Å². The number of benzene rings is 1. The Balaban J connectivity index is 0.000000359. The van der Waals surface area contributed by atoms with E-state index in [0.29, 0.717) is 5.52 Å². The van der Waals surface area contributed by atoms with E-state index < -0.39 is 11.9 Å². The van der Waals surface area contributed by atoms with Gasteiger partial charge >= 0.3 is 5.97 Å². The topological polar surface area (TPSA) is 123 Å². The van der Waals surface area contributed by atoms with Gasteiger partial charge in [0.15, 0.2) is 5.69 Å². The molecule has 0 unspecified atom stereocenters. The second kappa shape index (κ2) is 8.37. The lowest BCUT2D eigenvalue weighted by Gasteiger charge is -2.04. The molecule has 0 bridgehead atoms. The normalized spacial score (nSPS) is 9.92. The Kier molecular flexibility index (Phi) is 6.81. The molecule has 8 nitrogen and oxygen atoms in total. The summed E-state index contributed by atoms with van der Waals surface area (Å²) < 4.78 is 1.87. The van der Waals surface area contributed by atoms with Gasteiger partial charge in [-0.2, -0.15) is 0 Å². The highest BCUT2D eigenvalue weighted by molar-refractivity contribution is 8.93. The quantitative estimate of drug-likeness (QED) is 0.609. The fourth-order valence-corrected chi connectivity index (χ4v) is 2.19. The van der Waals surface area contributed by atoms with Crippen LogP contribution in [0.3, 0.4) is 0 Å². The summed E-state index contributed by atoms with van der Waals surface area (Å²) in [6.45, 7) is 0.0417. The van der Waals surface area contributed by atoms with E-state index in [4.69, 9.17) is 10.8 Å². The van der Waals surface area contributed by atoms with Crippen LogP contribution in [0, 0.1) is 0 Å². The Bertz CT molecular complexity index is 878. The molecule has 3 rings (SSSR count). The minimum atomic E-state index is -0.822. The lowest BCUT2D eigenvalue weighted by molar-refractivity contribution is -0.135. The second-order valence-corrected chi connectivity index (χ2v) is 4.82. The molecule has 24 heavy (non-hydrogen) atoms. The molecule has 0 atom stereocenters. The van der Waals surface area contributed by atoms with Crippen molar-refractivity contribution in [2.75, 3.05) is 13.6 Å². The molecule has 0 aliphatic heterocycles. The van der Waals surface area contributed by atoms with Crippen LogP contribution in [-0.4, -0.2) is 45.1 Å². The smallest absolute Gasteiger partial charge is 0.317 e. The number of pyridine rings is 1. The number of aliphatic carboxylic acids is 1. The van der Waals surface area contributed by atoms with E-state index >= 15 is 0 Å². The Morgan fingerprint density at radius 3 is 2.54 bits per heavy atom. The molecule has 1 amide bonds. The number of carboxylic acid groups (broad SMARTS) is 1. The maximum atomic E-state index is 11.4. The third-order valence-corrected chi connectivity index (χ3v) is 3.11. The number of primary amides is 1. The molecule has 9 heteroatoms. The Labute approximate surface area is 148 Å². The summed E-state index contributed by atoms with van der Waals surface area (Å²) >= 11 is 0. The predicted molar refractivity (Wildman–Crippen MR) is 96.4 cm³/mol. The number of para-hydroxylation sites is 1. The zero-order valence-corrected chi connectivity index (χ0v) is 14.9. The number of halogens is 1. The number of fused-ring (bicyclic) bond motifs is 3. The van der Waals surface area contributed by atoms with Crippen LogP contribution in [0.25, 0.3) is 21.9 Å². The average Bonchev–Trinajstić information content (AvgIpc) is 2.89. The highest BCUT2D eigenvalue weighted by Crippen LogP contribution is 2.24. The summed E-state index contributed by atoms with van der Waals surface area (Å²) in [6.07, 6.45) is 1.66. The number of aromatic nitrogens is 3. The lowest BCUT2D eigenvalue weighted by atomic mass is 10.1. The molecule has 2 aromatic heterocycles. The number of carbonyl (C=O) groups excluding carboxylic acids is 1. The number of likely N-dealkylation sites (N-methyl/N-ethyl adjacent to an activating group) is 1. The summed E-state index contributed by atoms with van der Waals surface area (Å²) in [4.78, 5) is 29.4. The zero-order chi connectivity index (χ0) is 17.0. The van der Waals surface area contributed by atoms with Crippen molar-refractivity contribution in [1.82, 2.24) is 19.9 Å². The molecule has 2 heterocycles. The van der Waals surface area contributed by atoms with Gasteiger partial charge < -0.3 is 20.7 Å². The highest BCUT2D eigenvalue weighted by Gasteiger charge is 2.15. The molecule has 0 saturated heterocycles. The number of hydrogen-bond donors (Lipinski definition) is 3. The fraction of sp³-hybridized carbons (Fsp3) is 0.200. The largest absolute Gasteiger partial charge is 0.480 e. The van der Waals surface area contributed by atoms with Gasteiger partial charge in [0.1, 0.15) is 5.52 Å². The molecule has 1 aromatic carbocycles. The van der Waals surface area contributed by atoms with Crippen LogP contribution < -0.4 is 11.1 Å². The highest BCUT2D eigenvalue weighted by atomic mass is 79.9. The number of carboxylic acids is 1. The summed E-state index contributed by atoms with van der Waals surface area (Å²) in [6, 6.07) is 7.62. The van der Waals surface area contributed by atoms with Crippen molar-refractivity contribution in [3.63, 3.8) is 0 Å². The van der Waals surface area contributed by atoms with Crippen LogP contribution in [0.1, 0.15) is 10.5 Å². The van der Waals surface area contributed by atoms with Crippen molar-refractivity contribution in [2.45, 2.75) is 0 Å². The number of nitrogens with zero attached hydrogens (tertiary/aromatic N) is 3. The molecular formula is C15H18BrN5O3. The predicted octanol–water partition coefficient (Wildman–Crippen LogP) is 1.09. The second-order valence-electron chi connectivity index (χ2n) is 4.82. The van der Waals surface area contributed by atoms with Gasteiger partial charge in [-0.15, -0.1) is 17.0 Å². The first-order valence-corrected chi connectivity index (χ1v) is 6.81. The summed E-state index contributed by atoms with van der Waals surface area (Å²) in [7, 11) is 3.47. The Hall–Kier alpha value is -2.52. The minimum Gasteiger partial charge on any atom is -0.480 e. The Morgan fingerprint density at radius 2 is 2.00 bits per heavy atom. The molecule has 0 aliphatic rings. The van der Waals surface area contributed by atoms with Crippen LogP contribution in [0.5, 0.6) is 0 Å². The third-order valence-electron chi connectivity index (χ3n) is 3.11. The monoisotopic (exact) mass is 395 g/mol. The first kappa shape index (κ1) is 19.5. The van der Waals surface area contributed by atoms with E-state index in [2.05, 4.69) is 15.3 Å². The number of nitrogens with one attached hydrogen (secondary N) is 1. The average molecular weight is 396 g/mol. The molecule has 4 N–H and O–H groups in total. The van der Waals surface area contributed by atoms with Crippen LogP contribution in [0.15, 0.2) is 30.6 Å². The molecular weight excluding hydrogens is 378 g/mol. The fourth-order valence-electron chi connectivity index (χ4n) is 2.19. The summed E-state index contributed by atoms with van der Waals surface area (Å²) in [5.74, 6) is -1.38. The van der Waals surface area contributed by atoms with Crippen molar-refractivity contribution >= 4 is 50.8 Å². The van der Waals surface area contributed by atoms with Gasteiger partial charge in [0.05, 0.1) is 23.9 Å². The van der Waals surface area contributed by atoms with Gasteiger partial charge in [0, 0.05) is 12.4 Å².